The number of hydrogen-bond acceptors (Lipinski definition) is 3. The number of hydrogen-bond donors (Lipinski definition) is 2. The lowest BCUT2D eigenvalue weighted by atomic mass is 9.93. The molecule has 3 N–H and O–H groups in total. The third-order valence-corrected chi connectivity index (χ3v) is 4.22. The summed E-state index contributed by atoms with van der Waals surface area (Å²) in [6.07, 6.45) is 0.810. The second-order valence-electron chi connectivity index (χ2n) is 5.94. The first-order valence-electron chi connectivity index (χ1n) is 6.48. The molecule has 0 unspecified atom stereocenters. The van der Waals surface area contributed by atoms with Gasteiger partial charge >= 0.3 is 0 Å². The molecular weight excluding hydrogens is 260 g/mol. The molecule has 108 valence electrons. The molecule has 1 aromatic carbocycles. The number of nitrogens with one attached hydrogen (secondary N) is 1. The molecule has 0 spiro atoms. The van der Waals surface area contributed by atoms with Gasteiger partial charge in [-0.05, 0) is 23.0 Å². The van der Waals surface area contributed by atoms with Crippen LogP contribution < -0.4 is 10.5 Å². The van der Waals surface area contributed by atoms with Crippen molar-refractivity contribution in [1.29, 1.82) is 0 Å². The predicted molar refractivity (Wildman–Crippen MR) is 79.0 cm³/mol. The van der Waals surface area contributed by atoms with Gasteiger partial charge < -0.3 is 5.73 Å². The average molecular weight is 284 g/mol. The van der Waals surface area contributed by atoms with E-state index in [9.17, 15) is 8.42 Å². The molecule has 0 saturated heterocycles. The Labute approximate surface area is 116 Å². The fourth-order valence-electron chi connectivity index (χ4n) is 1.73. The summed E-state index contributed by atoms with van der Waals surface area (Å²) in [6.45, 7) is 7.09. The van der Waals surface area contributed by atoms with Crippen molar-refractivity contribution in [2.24, 2.45) is 11.1 Å². The molecule has 1 aromatic rings. The average Bonchev–Trinajstić information content (AvgIpc) is 2.27. The molecule has 0 aliphatic rings. The molecule has 0 fully saturated rings. The van der Waals surface area contributed by atoms with E-state index in [-0.39, 0.29) is 11.2 Å². The van der Waals surface area contributed by atoms with Gasteiger partial charge in [0.25, 0.3) is 0 Å². The molecule has 19 heavy (non-hydrogen) atoms. The molecule has 0 bridgehead atoms. The Kier molecular flexibility index (Phi) is 5.52. The van der Waals surface area contributed by atoms with Crippen LogP contribution in [0.2, 0.25) is 0 Å². The lowest BCUT2D eigenvalue weighted by Gasteiger charge is -2.18. The van der Waals surface area contributed by atoms with E-state index in [4.69, 9.17) is 5.73 Å². The van der Waals surface area contributed by atoms with Crippen molar-refractivity contribution in [3.05, 3.63) is 35.4 Å². The maximum absolute atomic E-state index is 12.0. The highest BCUT2D eigenvalue weighted by atomic mass is 32.2. The third kappa shape index (κ3) is 6.18. The summed E-state index contributed by atoms with van der Waals surface area (Å²) in [5.41, 5.74) is 7.38. The van der Waals surface area contributed by atoms with Crippen molar-refractivity contribution >= 4 is 10.0 Å². The van der Waals surface area contributed by atoms with Gasteiger partial charge in [-0.25, -0.2) is 13.1 Å². The van der Waals surface area contributed by atoms with Crippen molar-refractivity contribution in [1.82, 2.24) is 4.72 Å². The molecular formula is C14H24N2O2S. The minimum absolute atomic E-state index is 0.00941. The Morgan fingerprint density at radius 3 is 2.26 bits per heavy atom. The highest BCUT2D eigenvalue weighted by molar-refractivity contribution is 7.88. The van der Waals surface area contributed by atoms with Gasteiger partial charge in [-0.2, -0.15) is 0 Å². The lowest BCUT2D eigenvalue weighted by Crippen LogP contribution is -2.29. The zero-order valence-corrected chi connectivity index (χ0v) is 12.8. The summed E-state index contributed by atoms with van der Waals surface area (Å²) in [4.78, 5) is 0. The van der Waals surface area contributed by atoms with Crippen LogP contribution in [0.1, 0.15) is 38.3 Å². The highest BCUT2D eigenvalue weighted by Gasteiger charge is 2.15. The van der Waals surface area contributed by atoms with Crippen LogP contribution in [-0.2, 0) is 22.3 Å². The second kappa shape index (κ2) is 6.50. The molecule has 0 radical (unpaired) electrons. The van der Waals surface area contributed by atoms with Gasteiger partial charge in [0.15, 0.2) is 0 Å². The molecule has 0 aliphatic carbocycles. The smallest absolute Gasteiger partial charge is 0.215 e. The largest absolute Gasteiger partial charge is 0.326 e. The van der Waals surface area contributed by atoms with Crippen molar-refractivity contribution in [2.45, 2.75) is 39.5 Å². The van der Waals surface area contributed by atoms with Gasteiger partial charge in [0.2, 0.25) is 10.0 Å². The summed E-state index contributed by atoms with van der Waals surface area (Å²) >= 11 is 0. The topological polar surface area (TPSA) is 72.2 Å². The molecule has 0 saturated carbocycles. The van der Waals surface area contributed by atoms with Crippen LogP contribution in [0.15, 0.2) is 24.3 Å². The predicted octanol–water partition coefficient (Wildman–Crippen LogP) is 2.00. The van der Waals surface area contributed by atoms with Crippen LogP contribution in [0.25, 0.3) is 0 Å². The third-order valence-electron chi connectivity index (χ3n) is 2.88. The standard InChI is InChI=1S/C14H24N2O2S/c1-14(2,3)8-9-16-19(17,18)11-13-7-5-4-6-12(13)10-15/h4-7,16H,8-11,15H2,1-3H3. The first-order chi connectivity index (χ1) is 8.73. The normalized spacial score (nSPS) is 12.6. The number of nitrogens with two attached hydrogens (primary N) is 1. The number of benzene rings is 1. The Balaban J connectivity index is 2.64. The first kappa shape index (κ1) is 16.1. The number of rotatable bonds is 6. The molecule has 5 heteroatoms. The quantitative estimate of drug-likeness (QED) is 0.839. The zero-order valence-electron chi connectivity index (χ0n) is 11.9. The van der Waals surface area contributed by atoms with E-state index in [0.29, 0.717) is 13.1 Å². The van der Waals surface area contributed by atoms with Gasteiger partial charge in [-0.3, -0.25) is 0 Å². The summed E-state index contributed by atoms with van der Waals surface area (Å²) in [5.74, 6) is -0.00941. The van der Waals surface area contributed by atoms with Gasteiger partial charge in [0.1, 0.15) is 0 Å². The maximum Gasteiger partial charge on any atom is 0.215 e. The van der Waals surface area contributed by atoms with E-state index in [1.54, 1.807) is 0 Å². The van der Waals surface area contributed by atoms with Crippen molar-refractivity contribution in [3.8, 4) is 0 Å². The van der Waals surface area contributed by atoms with Crippen LogP contribution in [0.3, 0.4) is 0 Å². The van der Waals surface area contributed by atoms with E-state index in [0.717, 1.165) is 17.5 Å². The summed E-state index contributed by atoms with van der Waals surface area (Å²) in [5, 5.41) is 0. The fourth-order valence-corrected chi connectivity index (χ4v) is 2.94. The van der Waals surface area contributed by atoms with Crippen molar-refractivity contribution in [2.75, 3.05) is 6.54 Å². The minimum Gasteiger partial charge on any atom is -0.326 e. The van der Waals surface area contributed by atoms with Crippen LogP contribution in [0.5, 0.6) is 0 Å². The van der Waals surface area contributed by atoms with Crippen molar-refractivity contribution < 1.29 is 8.42 Å². The molecule has 0 heterocycles. The highest BCUT2D eigenvalue weighted by Crippen LogP contribution is 2.17. The van der Waals surface area contributed by atoms with Crippen LogP contribution in [0, 0.1) is 5.41 Å². The van der Waals surface area contributed by atoms with Crippen LogP contribution >= 0.6 is 0 Å². The summed E-state index contributed by atoms with van der Waals surface area (Å²) in [6, 6.07) is 7.37. The second-order valence-corrected chi connectivity index (χ2v) is 7.74. The Morgan fingerprint density at radius 2 is 1.74 bits per heavy atom. The van der Waals surface area contributed by atoms with E-state index in [1.165, 1.54) is 0 Å². The van der Waals surface area contributed by atoms with E-state index in [1.807, 2.05) is 24.3 Å². The number of sulfonamides is 1. The molecule has 0 atom stereocenters. The van der Waals surface area contributed by atoms with Gasteiger partial charge in [-0.15, -0.1) is 0 Å². The molecule has 4 nitrogen and oxygen atoms in total. The molecule has 1 rings (SSSR count). The van der Waals surface area contributed by atoms with Gasteiger partial charge in [0.05, 0.1) is 5.75 Å². The molecule has 0 amide bonds. The van der Waals surface area contributed by atoms with Crippen molar-refractivity contribution in [3.63, 3.8) is 0 Å². The monoisotopic (exact) mass is 284 g/mol. The summed E-state index contributed by atoms with van der Waals surface area (Å²) < 4.78 is 26.7. The maximum atomic E-state index is 12.0. The Hall–Kier alpha value is -0.910. The van der Waals surface area contributed by atoms with Gasteiger partial charge in [0, 0.05) is 13.1 Å². The van der Waals surface area contributed by atoms with Crippen LogP contribution in [0.4, 0.5) is 0 Å². The zero-order chi connectivity index (χ0) is 14.5. The van der Waals surface area contributed by atoms with E-state index < -0.39 is 10.0 Å². The van der Waals surface area contributed by atoms with Crippen LogP contribution in [-0.4, -0.2) is 15.0 Å². The molecule has 0 aromatic heterocycles. The Morgan fingerprint density at radius 1 is 1.16 bits per heavy atom. The van der Waals surface area contributed by atoms with E-state index in [2.05, 4.69) is 25.5 Å². The first-order valence-corrected chi connectivity index (χ1v) is 8.13. The molecule has 0 aliphatic heterocycles. The minimum atomic E-state index is -3.30. The SMILES string of the molecule is CC(C)(C)CCNS(=O)(=O)Cc1ccccc1CN. The van der Waals surface area contributed by atoms with E-state index >= 15 is 0 Å². The fraction of sp³-hybridized carbons (Fsp3) is 0.571. The van der Waals surface area contributed by atoms with Gasteiger partial charge in [-0.1, -0.05) is 45.0 Å². The Bertz CT molecular complexity index is 504. The lowest BCUT2D eigenvalue weighted by molar-refractivity contribution is 0.378. The summed E-state index contributed by atoms with van der Waals surface area (Å²) in [7, 11) is -3.30.